The van der Waals surface area contributed by atoms with E-state index in [1.165, 1.54) is 12.3 Å². The van der Waals surface area contributed by atoms with Gasteiger partial charge >= 0.3 is 0 Å². The first kappa shape index (κ1) is 16.2. The van der Waals surface area contributed by atoms with E-state index in [1.807, 2.05) is 19.0 Å². The van der Waals surface area contributed by atoms with Crippen LogP contribution >= 0.6 is 11.6 Å². The fraction of sp³-hybridized carbons (Fsp3) is 0.267. The number of aromatic nitrogens is 2. The molecule has 0 aromatic carbocycles. The number of nitrogens with one attached hydrogen (secondary N) is 1. The number of amides is 1. The Labute approximate surface area is 134 Å². The Balaban J connectivity index is 1.92. The quantitative estimate of drug-likeness (QED) is 0.827. The molecule has 0 atom stereocenters. The zero-order valence-corrected chi connectivity index (χ0v) is 13.2. The Morgan fingerprint density at radius 3 is 2.77 bits per heavy atom. The minimum atomic E-state index is -0.271. The molecule has 1 amide bonds. The van der Waals surface area contributed by atoms with Crippen LogP contribution in [0.1, 0.15) is 10.4 Å². The molecule has 116 valence electrons. The molecule has 0 saturated carbocycles. The van der Waals surface area contributed by atoms with E-state index in [4.69, 9.17) is 16.3 Å². The van der Waals surface area contributed by atoms with Gasteiger partial charge in [-0.25, -0.2) is 9.97 Å². The van der Waals surface area contributed by atoms with Crippen LogP contribution < -0.4 is 10.1 Å². The zero-order chi connectivity index (χ0) is 15.9. The highest BCUT2D eigenvalue weighted by Crippen LogP contribution is 2.14. The average molecular weight is 321 g/mol. The first-order chi connectivity index (χ1) is 10.5. The summed E-state index contributed by atoms with van der Waals surface area (Å²) in [6.45, 7) is 1.37. The molecule has 0 unspecified atom stereocenters. The molecule has 0 fully saturated rings. The van der Waals surface area contributed by atoms with Gasteiger partial charge < -0.3 is 15.0 Å². The van der Waals surface area contributed by atoms with Gasteiger partial charge in [0.1, 0.15) is 11.8 Å². The maximum Gasteiger partial charge on any atom is 0.255 e. The van der Waals surface area contributed by atoms with Gasteiger partial charge in [0.05, 0.1) is 11.9 Å². The number of anilines is 1. The largest absolute Gasteiger partial charge is 0.476 e. The van der Waals surface area contributed by atoms with Gasteiger partial charge in [-0.2, -0.15) is 0 Å². The van der Waals surface area contributed by atoms with Crippen molar-refractivity contribution in [1.29, 1.82) is 0 Å². The van der Waals surface area contributed by atoms with Crippen molar-refractivity contribution in [3.05, 3.63) is 47.4 Å². The average Bonchev–Trinajstić information content (AvgIpc) is 2.48. The number of nitrogens with zero attached hydrogens (tertiary/aromatic N) is 3. The van der Waals surface area contributed by atoms with Crippen LogP contribution in [0, 0.1) is 0 Å². The van der Waals surface area contributed by atoms with Crippen molar-refractivity contribution >= 4 is 23.2 Å². The normalized spacial score (nSPS) is 10.5. The van der Waals surface area contributed by atoms with Crippen LogP contribution in [0.5, 0.6) is 5.88 Å². The van der Waals surface area contributed by atoms with Gasteiger partial charge in [0.25, 0.3) is 5.91 Å². The van der Waals surface area contributed by atoms with Crippen molar-refractivity contribution in [2.75, 3.05) is 32.6 Å². The van der Waals surface area contributed by atoms with Crippen molar-refractivity contribution in [3.63, 3.8) is 0 Å². The predicted octanol–water partition coefficient (Wildman–Crippen LogP) is 2.32. The lowest BCUT2D eigenvalue weighted by atomic mass is 10.2. The predicted molar refractivity (Wildman–Crippen MR) is 85.5 cm³/mol. The standard InChI is InChI=1S/C15H17ClN4O2/c1-20(2)7-8-22-14-4-3-12(10-18-14)19-15(21)11-5-6-17-13(16)9-11/h3-6,9-10H,7-8H2,1-2H3,(H,19,21). The molecule has 0 saturated heterocycles. The second kappa shape index (κ2) is 7.72. The zero-order valence-electron chi connectivity index (χ0n) is 12.4. The lowest BCUT2D eigenvalue weighted by Crippen LogP contribution is -2.19. The Morgan fingerprint density at radius 2 is 2.14 bits per heavy atom. The molecule has 0 aliphatic heterocycles. The number of pyridine rings is 2. The summed E-state index contributed by atoms with van der Waals surface area (Å²) in [4.78, 5) is 22.0. The van der Waals surface area contributed by atoms with E-state index in [1.54, 1.807) is 24.4 Å². The van der Waals surface area contributed by atoms with E-state index in [2.05, 4.69) is 15.3 Å². The van der Waals surface area contributed by atoms with Crippen molar-refractivity contribution in [2.45, 2.75) is 0 Å². The highest BCUT2D eigenvalue weighted by atomic mass is 35.5. The minimum Gasteiger partial charge on any atom is -0.476 e. The van der Waals surface area contributed by atoms with Gasteiger partial charge in [-0.15, -0.1) is 0 Å². The third-order valence-electron chi connectivity index (χ3n) is 2.77. The van der Waals surface area contributed by atoms with Crippen molar-refractivity contribution in [2.24, 2.45) is 0 Å². The molecule has 2 aromatic rings. The summed E-state index contributed by atoms with van der Waals surface area (Å²) in [5.74, 6) is 0.249. The summed E-state index contributed by atoms with van der Waals surface area (Å²) >= 11 is 5.76. The van der Waals surface area contributed by atoms with E-state index in [0.29, 0.717) is 23.7 Å². The minimum absolute atomic E-state index is 0.271. The molecule has 6 nitrogen and oxygen atoms in total. The molecule has 0 spiro atoms. The van der Waals surface area contributed by atoms with Crippen LogP contribution in [0.3, 0.4) is 0 Å². The summed E-state index contributed by atoms with van der Waals surface area (Å²) < 4.78 is 5.49. The summed E-state index contributed by atoms with van der Waals surface area (Å²) in [6.07, 6.45) is 3.03. The molecule has 0 bridgehead atoms. The molecule has 0 radical (unpaired) electrons. The number of hydrogen-bond donors (Lipinski definition) is 1. The Kier molecular flexibility index (Phi) is 5.68. The summed E-state index contributed by atoms with van der Waals surface area (Å²) in [5, 5.41) is 3.01. The number of carbonyl (C=O) groups excluding carboxylic acids is 1. The summed E-state index contributed by atoms with van der Waals surface area (Å²) in [7, 11) is 3.95. The maximum atomic E-state index is 12.0. The molecule has 2 rings (SSSR count). The number of rotatable bonds is 6. The smallest absolute Gasteiger partial charge is 0.255 e. The van der Waals surface area contributed by atoms with Crippen molar-refractivity contribution < 1.29 is 9.53 Å². The van der Waals surface area contributed by atoms with Gasteiger partial charge in [0, 0.05) is 24.4 Å². The van der Waals surface area contributed by atoms with Crippen LogP contribution in [0.15, 0.2) is 36.7 Å². The first-order valence-corrected chi connectivity index (χ1v) is 7.09. The third kappa shape index (κ3) is 4.98. The summed E-state index contributed by atoms with van der Waals surface area (Å²) in [5.41, 5.74) is 1.02. The van der Waals surface area contributed by atoms with Crippen molar-refractivity contribution in [3.8, 4) is 5.88 Å². The molecule has 22 heavy (non-hydrogen) atoms. The van der Waals surface area contributed by atoms with Gasteiger partial charge in [-0.3, -0.25) is 4.79 Å². The molecular weight excluding hydrogens is 304 g/mol. The molecule has 0 aliphatic rings. The molecule has 7 heteroatoms. The Bertz CT molecular complexity index is 632. The summed E-state index contributed by atoms with van der Waals surface area (Å²) in [6, 6.07) is 6.54. The second-order valence-electron chi connectivity index (χ2n) is 4.86. The topological polar surface area (TPSA) is 67.3 Å². The number of likely N-dealkylation sites (N-methyl/N-ethyl adjacent to an activating group) is 1. The van der Waals surface area contributed by atoms with E-state index < -0.39 is 0 Å². The van der Waals surface area contributed by atoms with E-state index in [9.17, 15) is 4.79 Å². The van der Waals surface area contributed by atoms with Crippen molar-refractivity contribution in [1.82, 2.24) is 14.9 Å². The lowest BCUT2D eigenvalue weighted by molar-refractivity contribution is 0.102. The van der Waals surface area contributed by atoms with Gasteiger partial charge in [-0.1, -0.05) is 11.6 Å². The number of halogens is 1. The highest BCUT2D eigenvalue weighted by Gasteiger charge is 2.07. The number of carbonyl (C=O) groups is 1. The fourth-order valence-electron chi connectivity index (χ4n) is 1.62. The second-order valence-corrected chi connectivity index (χ2v) is 5.25. The Hall–Kier alpha value is -2.18. The molecule has 2 heterocycles. The molecular formula is C15H17ClN4O2. The maximum absolute atomic E-state index is 12.0. The molecule has 1 N–H and O–H groups in total. The Morgan fingerprint density at radius 1 is 1.32 bits per heavy atom. The molecule has 0 aliphatic carbocycles. The van der Waals surface area contributed by atoms with Crippen LogP contribution in [0.2, 0.25) is 5.15 Å². The van der Waals surface area contributed by atoms with Crippen LogP contribution in [0.25, 0.3) is 0 Å². The van der Waals surface area contributed by atoms with Gasteiger partial charge in [0.15, 0.2) is 0 Å². The monoisotopic (exact) mass is 320 g/mol. The van der Waals surface area contributed by atoms with Gasteiger partial charge in [0.2, 0.25) is 5.88 Å². The lowest BCUT2D eigenvalue weighted by Gasteiger charge is -2.10. The third-order valence-corrected chi connectivity index (χ3v) is 2.98. The van der Waals surface area contributed by atoms with Crippen LogP contribution in [-0.2, 0) is 0 Å². The fourth-order valence-corrected chi connectivity index (χ4v) is 1.79. The SMILES string of the molecule is CN(C)CCOc1ccc(NC(=O)c2ccnc(Cl)c2)cn1. The van der Waals surface area contributed by atoms with Crippen LogP contribution in [0.4, 0.5) is 5.69 Å². The van der Waals surface area contributed by atoms with Crippen LogP contribution in [-0.4, -0.2) is 48.0 Å². The van der Waals surface area contributed by atoms with Gasteiger partial charge in [-0.05, 0) is 32.3 Å². The van der Waals surface area contributed by atoms with E-state index in [0.717, 1.165) is 6.54 Å². The number of ether oxygens (including phenoxy) is 1. The van der Waals surface area contributed by atoms with E-state index >= 15 is 0 Å². The molecule has 2 aromatic heterocycles. The van der Waals surface area contributed by atoms with E-state index in [-0.39, 0.29) is 11.1 Å². The highest BCUT2D eigenvalue weighted by molar-refractivity contribution is 6.29. The number of hydrogen-bond acceptors (Lipinski definition) is 5. The first-order valence-electron chi connectivity index (χ1n) is 6.71.